The minimum Gasteiger partial charge on any atom is -0.341 e. The zero-order valence-corrected chi connectivity index (χ0v) is 13.6. The van der Waals surface area contributed by atoms with Gasteiger partial charge in [0.15, 0.2) is 0 Å². The van der Waals surface area contributed by atoms with E-state index in [0.717, 1.165) is 38.8 Å². The maximum atomic E-state index is 12.7. The summed E-state index contributed by atoms with van der Waals surface area (Å²) in [6.45, 7) is 9.44. The van der Waals surface area contributed by atoms with Crippen LogP contribution in [0.3, 0.4) is 0 Å². The normalized spacial score (nSPS) is 23.7. The summed E-state index contributed by atoms with van der Waals surface area (Å²) in [4.78, 5) is 28.6. The van der Waals surface area contributed by atoms with Crippen LogP contribution in [0.5, 0.6) is 0 Å². The minimum absolute atomic E-state index is 0.0788. The Morgan fingerprint density at radius 2 is 1.81 bits per heavy atom. The molecular weight excluding hydrogens is 266 g/mol. The van der Waals surface area contributed by atoms with Crippen LogP contribution in [0.15, 0.2) is 0 Å². The molecule has 3 amide bonds. The lowest BCUT2D eigenvalue weighted by Gasteiger charge is -2.34. The molecule has 2 fully saturated rings. The van der Waals surface area contributed by atoms with Crippen molar-refractivity contribution in [2.75, 3.05) is 26.2 Å². The van der Waals surface area contributed by atoms with Crippen LogP contribution in [0.2, 0.25) is 0 Å². The van der Waals surface area contributed by atoms with E-state index < -0.39 is 0 Å². The van der Waals surface area contributed by atoms with Gasteiger partial charge in [0.1, 0.15) is 6.04 Å². The number of nitrogens with one attached hydrogen (secondary N) is 1. The van der Waals surface area contributed by atoms with Crippen LogP contribution < -0.4 is 5.32 Å². The van der Waals surface area contributed by atoms with E-state index in [0.29, 0.717) is 24.9 Å². The number of amides is 3. The van der Waals surface area contributed by atoms with Crippen molar-refractivity contribution in [1.82, 2.24) is 15.1 Å². The van der Waals surface area contributed by atoms with E-state index >= 15 is 0 Å². The lowest BCUT2D eigenvalue weighted by molar-refractivity contribution is -0.136. The van der Waals surface area contributed by atoms with Crippen LogP contribution >= 0.6 is 0 Å². The molecule has 120 valence electrons. The highest BCUT2D eigenvalue weighted by Gasteiger charge is 2.37. The third-order valence-electron chi connectivity index (χ3n) is 4.56. The van der Waals surface area contributed by atoms with Gasteiger partial charge in [-0.15, -0.1) is 0 Å². The summed E-state index contributed by atoms with van der Waals surface area (Å²) in [7, 11) is 0. The molecule has 2 saturated heterocycles. The van der Waals surface area contributed by atoms with Gasteiger partial charge in [0, 0.05) is 26.2 Å². The molecule has 2 heterocycles. The molecule has 0 spiro atoms. The first kappa shape index (κ1) is 16.1. The molecule has 0 bridgehead atoms. The predicted molar refractivity (Wildman–Crippen MR) is 82.9 cm³/mol. The molecule has 2 aliphatic rings. The number of piperidine rings is 1. The van der Waals surface area contributed by atoms with E-state index in [2.05, 4.69) is 26.1 Å². The maximum absolute atomic E-state index is 12.7. The fraction of sp³-hybridized carbons (Fsp3) is 0.875. The number of carbonyl (C=O) groups excluding carboxylic acids is 2. The number of urea groups is 1. The summed E-state index contributed by atoms with van der Waals surface area (Å²) in [5, 5.41) is 2.94. The van der Waals surface area contributed by atoms with E-state index in [1.807, 2.05) is 4.90 Å². The lowest BCUT2D eigenvalue weighted by atomic mass is 9.98. The van der Waals surface area contributed by atoms with Crippen LogP contribution in [0.1, 0.15) is 46.5 Å². The highest BCUT2D eigenvalue weighted by Crippen LogP contribution is 2.23. The molecular formula is C16H29N3O2. The average Bonchev–Trinajstić information content (AvgIpc) is 2.94. The van der Waals surface area contributed by atoms with Crippen molar-refractivity contribution < 1.29 is 9.59 Å². The first-order chi connectivity index (χ1) is 9.99. The number of carbonyl (C=O) groups is 2. The SMILES string of the molecule is CC(C)CNC(=O)N1CCCC1C(=O)N1CCC(C)CC1. The van der Waals surface area contributed by atoms with E-state index in [1.165, 1.54) is 0 Å². The van der Waals surface area contributed by atoms with Crippen molar-refractivity contribution in [3.8, 4) is 0 Å². The number of rotatable bonds is 3. The number of likely N-dealkylation sites (tertiary alicyclic amines) is 2. The van der Waals surface area contributed by atoms with E-state index in [9.17, 15) is 9.59 Å². The second-order valence-corrected chi connectivity index (χ2v) is 6.94. The van der Waals surface area contributed by atoms with E-state index in [-0.39, 0.29) is 18.0 Å². The number of hydrogen-bond acceptors (Lipinski definition) is 2. The van der Waals surface area contributed by atoms with Gasteiger partial charge in [-0.1, -0.05) is 20.8 Å². The van der Waals surface area contributed by atoms with Gasteiger partial charge in [0.25, 0.3) is 0 Å². The van der Waals surface area contributed by atoms with Gasteiger partial charge in [-0.3, -0.25) is 4.79 Å². The quantitative estimate of drug-likeness (QED) is 0.866. The third kappa shape index (κ3) is 4.11. The zero-order valence-electron chi connectivity index (χ0n) is 13.6. The molecule has 2 rings (SSSR count). The highest BCUT2D eigenvalue weighted by atomic mass is 16.2. The summed E-state index contributed by atoms with van der Waals surface area (Å²) < 4.78 is 0. The summed E-state index contributed by atoms with van der Waals surface area (Å²) >= 11 is 0. The Labute approximate surface area is 128 Å². The lowest BCUT2D eigenvalue weighted by Crippen LogP contribution is -2.52. The molecule has 0 aliphatic carbocycles. The smallest absolute Gasteiger partial charge is 0.318 e. The van der Waals surface area contributed by atoms with E-state index in [4.69, 9.17) is 0 Å². The van der Waals surface area contributed by atoms with Gasteiger partial charge in [-0.05, 0) is 37.5 Å². The van der Waals surface area contributed by atoms with E-state index in [1.54, 1.807) is 4.90 Å². The average molecular weight is 295 g/mol. The van der Waals surface area contributed by atoms with Crippen molar-refractivity contribution >= 4 is 11.9 Å². The van der Waals surface area contributed by atoms with Crippen LogP contribution in [0.25, 0.3) is 0 Å². The Hall–Kier alpha value is -1.26. The third-order valence-corrected chi connectivity index (χ3v) is 4.56. The molecule has 0 radical (unpaired) electrons. The fourth-order valence-corrected chi connectivity index (χ4v) is 3.10. The minimum atomic E-state index is -0.245. The van der Waals surface area contributed by atoms with Gasteiger partial charge in [0.05, 0.1) is 0 Å². The summed E-state index contributed by atoms with van der Waals surface area (Å²) in [6.07, 6.45) is 3.89. The summed E-state index contributed by atoms with van der Waals surface area (Å²) in [5.74, 6) is 1.29. The second-order valence-electron chi connectivity index (χ2n) is 6.94. The Bertz CT molecular complexity index is 376. The molecule has 0 aromatic rings. The van der Waals surface area contributed by atoms with Gasteiger partial charge >= 0.3 is 6.03 Å². The van der Waals surface area contributed by atoms with Crippen molar-refractivity contribution in [1.29, 1.82) is 0 Å². The monoisotopic (exact) mass is 295 g/mol. The molecule has 1 N–H and O–H groups in total. The van der Waals surface area contributed by atoms with Gasteiger partial charge in [-0.2, -0.15) is 0 Å². The summed E-state index contributed by atoms with van der Waals surface area (Å²) in [6, 6.07) is -0.324. The molecule has 5 nitrogen and oxygen atoms in total. The topological polar surface area (TPSA) is 52.7 Å². The molecule has 0 saturated carbocycles. The molecule has 1 unspecified atom stereocenters. The van der Waals surface area contributed by atoms with Crippen LogP contribution in [0, 0.1) is 11.8 Å². The Kier molecular flexibility index (Phi) is 5.48. The predicted octanol–water partition coefficient (Wildman–Crippen LogP) is 2.07. The molecule has 0 aromatic heterocycles. The van der Waals surface area contributed by atoms with Gasteiger partial charge in [0.2, 0.25) is 5.91 Å². The van der Waals surface area contributed by atoms with Crippen LogP contribution in [-0.2, 0) is 4.79 Å². The second kappa shape index (κ2) is 7.14. The zero-order chi connectivity index (χ0) is 15.4. The van der Waals surface area contributed by atoms with Crippen molar-refractivity contribution in [2.45, 2.75) is 52.5 Å². The molecule has 21 heavy (non-hydrogen) atoms. The first-order valence-corrected chi connectivity index (χ1v) is 8.32. The van der Waals surface area contributed by atoms with Crippen molar-refractivity contribution in [3.63, 3.8) is 0 Å². The van der Waals surface area contributed by atoms with Crippen molar-refractivity contribution in [2.24, 2.45) is 11.8 Å². The van der Waals surface area contributed by atoms with Gasteiger partial charge in [-0.25, -0.2) is 4.79 Å². The van der Waals surface area contributed by atoms with Gasteiger partial charge < -0.3 is 15.1 Å². The Morgan fingerprint density at radius 3 is 2.43 bits per heavy atom. The Morgan fingerprint density at radius 1 is 1.14 bits per heavy atom. The Balaban J connectivity index is 1.91. The first-order valence-electron chi connectivity index (χ1n) is 8.32. The largest absolute Gasteiger partial charge is 0.341 e. The maximum Gasteiger partial charge on any atom is 0.318 e. The molecule has 0 aromatic carbocycles. The molecule has 5 heteroatoms. The molecule has 1 atom stereocenters. The summed E-state index contributed by atoms with van der Waals surface area (Å²) in [5.41, 5.74) is 0. The van der Waals surface area contributed by atoms with Crippen LogP contribution in [0.4, 0.5) is 4.79 Å². The standard InChI is InChI=1S/C16H29N3O2/c1-12(2)11-17-16(21)19-8-4-5-14(19)15(20)18-9-6-13(3)7-10-18/h12-14H,4-11H2,1-3H3,(H,17,21). The molecule has 2 aliphatic heterocycles. The fourth-order valence-electron chi connectivity index (χ4n) is 3.10. The van der Waals surface area contributed by atoms with Crippen molar-refractivity contribution in [3.05, 3.63) is 0 Å². The number of nitrogens with zero attached hydrogens (tertiary/aromatic N) is 2. The highest BCUT2D eigenvalue weighted by molar-refractivity contribution is 5.87. The number of hydrogen-bond donors (Lipinski definition) is 1. The van der Waals surface area contributed by atoms with Crippen LogP contribution in [-0.4, -0.2) is 54.0 Å².